The van der Waals surface area contributed by atoms with E-state index in [2.05, 4.69) is 17.2 Å². The molecule has 0 radical (unpaired) electrons. The third kappa shape index (κ3) is 4.65. The van der Waals surface area contributed by atoms with E-state index in [0.29, 0.717) is 13.2 Å². The van der Waals surface area contributed by atoms with Crippen LogP contribution in [0.2, 0.25) is 0 Å². The summed E-state index contributed by atoms with van der Waals surface area (Å²) in [4.78, 5) is 4.09. The van der Waals surface area contributed by atoms with Gasteiger partial charge in [-0.25, -0.2) is 0 Å². The Kier molecular flexibility index (Phi) is 5.55. The molecule has 1 N–H and O–H groups in total. The van der Waals surface area contributed by atoms with E-state index in [9.17, 15) is 0 Å². The quantitative estimate of drug-likeness (QED) is 0.698. The van der Waals surface area contributed by atoms with Gasteiger partial charge in [-0.1, -0.05) is 6.92 Å². The summed E-state index contributed by atoms with van der Waals surface area (Å²) in [6.45, 7) is 4.21. The number of nitrogens with one attached hydrogen (secondary N) is 1. The number of rotatable bonds is 7. The van der Waals surface area contributed by atoms with Crippen molar-refractivity contribution in [3.63, 3.8) is 0 Å². The van der Waals surface area contributed by atoms with E-state index >= 15 is 0 Å². The van der Waals surface area contributed by atoms with E-state index in [0.717, 1.165) is 24.4 Å². The first-order valence-corrected chi connectivity index (χ1v) is 5.17. The monoisotopic (exact) mass is 210 g/mol. The van der Waals surface area contributed by atoms with E-state index in [1.54, 1.807) is 19.5 Å². The average Bonchev–Trinajstić information content (AvgIpc) is 2.27. The van der Waals surface area contributed by atoms with Crippen LogP contribution in [0.3, 0.4) is 0 Å². The van der Waals surface area contributed by atoms with E-state index in [4.69, 9.17) is 9.47 Å². The highest BCUT2D eigenvalue weighted by Gasteiger charge is 1.96. The fraction of sp³-hybridized carbons (Fsp3) is 0.545. The Morgan fingerprint density at radius 2 is 2.20 bits per heavy atom. The van der Waals surface area contributed by atoms with E-state index in [-0.39, 0.29) is 0 Å². The Hall–Kier alpha value is -1.29. The first-order valence-electron chi connectivity index (χ1n) is 5.17. The normalized spacial score (nSPS) is 10.0. The van der Waals surface area contributed by atoms with Gasteiger partial charge in [0.25, 0.3) is 0 Å². The molecule has 0 atom stereocenters. The first-order chi connectivity index (χ1) is 7.36. The van der Waals surface area contributed by atoms with Crippen LogP contribution in [-0.2, 0) is 4.74 Å². The van der Waals surface area contributed by atoms with Crippen LogP contribution in [-0.4, -0.2) is 31.9 Å². The van der Waals surface area contributed by atoms with Crippen LogP contribution >= 0.6 is 0 Å². The summed E-state index contributed by atoms with van der Waals surface area (Å²) in [7, 11) is 1.65. The Morgan fingerprint density at radius 3 is 2.93 bits per heavy atom. The highest BCUT2D eigenvalue weighted by atomic mass is 16.5. The maximum absolute atomic E-state index is 5.44. The summed E-state index contributed by atoms with van der Waals surface area (Å²) >= 11 is 0. The van der Waals surface area contributed by atoms with Gasteiger partial charge in [0, 0.05) is 19.7 Å². The Morgan fingerprint density at radius 1 is 1.33 bits per heavy atom. The molecular formula is C11H18N2O2. The van der Waals surface area contributed by atoms with Gasteiger partial charge in [-0.2, -0.15) is 0 Å². The van der Waals surface area contributed by atoms with Gasteiger partial charge in [0.2, 0.25) is 0 Å². The van der Waals surface area contributed by atoms with Crippen LogP contribution in [0.25, 0.3) is 0 Å². The van der Waals surface area contributed by atoms with Gasteiger partial charge in [-0.15, -0.1) is 0 Å². The predicted molar refractivity (Wildman–Crippen MR) is 60.4 cm³/mol. The van der Waals surface area contributed by atoms with E-state index in [1.165, 1.54) is 0 Å². The van der Waals surface area contributed by atoms with Crippen molar-refractivity contribution in [2.45, 2.75) is 13.3 Å². The van der Waals surface area contributed by atoms with Crippen molar-refractivity contribution in [1.29, 1.82) is 0 Å². The predicted octanol–water partition coefficient (Wildman–Crippen LogP) is 1.93. The molecule has 0 aliphatic carbocycles. The maximum Gasteiger partial charge on any atom is 0.139 e. The third-order valence-electron chi connectivity index (χ3n) is 1.85. The molecule has 84 valence electrons. The van der Waals surface area contributed by atoms with Crippen molar-refractivity contribution < 1.29 is 9.47 Å². The van der Waals surface area contributed by atoms with Gasteiger partial charge in [-0.3, -0.25) is 4.98 Å². The van der Waals surface area contributed by atoms with Gasteiger partial charge >= 0.3 is 0 Å². The number of nitrogens with zero attached hydrogens (tertiary/aromatic N) is 1. The summed E-state index contributed by atoms with van der Waals surface area (Å²) in [5, 5.41) is 3.25. The summed E-state index contributed by atoms with van der Waals surface area (Å²) in [5.41, 5.74) is 0.992. The smallest absolute Gasteiger partial charge is 0.139 e. The number of aromatic nitrogens is 1. The lowest BCUT2D eigenvalue weighted by Crippen LogP contribution is -2.05. The lowest BCUT2D eigenvalue weighted by atomic mass is 10.4. The molecule has 0 spiro atoms. The molecule has 1 heterocycles. The number of hydrogen-bond donors (Lipinski definition) is 1. The molecule has 1 aromatic heterocycles. The van der Waals surface area contributed by atoms with Crippen molar-refractivity contribution >= 4 is 5.69 Å². The highest BCUT2D eigenvalue weighted by Crippen LogP contribution is 2.14. The second-order valence-corrected chi connectivity index (χ2v) is 3.18. The minimum Gasteiger partial charge on any atom is -0.489 e. The molecule has 0 bridgehead atoms. The molecule has 0 saturated carbocycles. The SMILES string of the molecule is CCCNc1cncc(OCCOC)c1. The third-order valence-corrected chi connectivity index (χ3v) is 1.85. The molecule has 0 fully saturated rings. The standard InChI is InChI=1S/C11H18N2O2/c1-3-4-13-10-7-11(9-12-8-10)15-6-5-14-2/h7-9,13H,3-6H2,1-2H3. The summed E-state index contributed by atoms with van der Waals surface area (Å²) in [6.07, 6.45) is 4.58. The summed E-state index contributed by atoms with van der Waals surface area (Å²) in [5.74, 6) is 0.771. The van der Waals surface area contributed by atoms with Gasteiger partial charge in [0.05, 0.1) is 24.7 Å². The Labute approximate surface area is 90.6 Å². The molecule has 0 amide bonds. The van der Waals surface area contributed by atoms with Gasteiger partial charge in [-0.05, 0) is 6.42 Å². The molecule has 0 aliphatic rings. The van der Waals surface area contributed by atoms with Crippen molar-refractivity contribution in [1.82, 2.24) is 4.98 Å². The highest BCUT2D eigenvalue weighted by molar-refractivity contribution is 5.44. The summed E-state index contributed by atoms with van der Waals surface area (Å²) < 4.78 is 10.3. The molecular weight excluding hydrogens is 192 g/mol. The van der Waals surface area contributed by atoms with Crippen molar-refractivity contribution in [3.05, 3.63) is 18.5 Å². The van der Waals surface area contributed by atoms with Crippen LogP contribution in [0.5, 0.6) is 5.75 Å². The van der Waals surface area contributed by atoms with Crippen LogP contribution < -0.4 is 10.1 Å². The summed E-state index contributed by atoms with van der Waals surface area (Å²) in [6, 6.07) is 1.94. The molecule has 1 rings (SSSR count). The van der Waals surface area contributed by atoms with Crippen molar-refractivity contribution in [3.8, 4) is 5.75 Å². The number of ether oxygens (including phenoxy) is 2. The lowest BCUT2D eigenvalue weighted by molar-refractivity contribution is 0.146. The number of anilines is 1. The fourth-order valence-corrected chi connectivity index (χ4v) is 1.11. The average molecular weight is 210 g/mol. The molecule has 4 nitrogen and oxygen atoms in total. The second kappa shape index (κ2) is 7.06. The fourth-order valence-electron chi connectivity index (χ4n) is 1.11. The molecule has 15 heavy (non-hydrogen) atoms. The minimum absolute atomic E-state index is 0.551. The number of hydrogen-bond acceptors (Lipinski definition) is 4. The largest absolute Gasteiger partial charge is 0.489 e. The van der Waals surface area contributed by atoms with Crippen molar-refractivity contribution in [2.24, 2.45) is 0 Å². The number of pyridine rings is 1. The zero-order valence-corrected chi connectivity index (χ0v) is 9.32. The van der Waals surface area contributed by atoms with Gasteiger partial charge < -0.3 is 14.8 Å². The molecule has 4 heteroatoms. The van der Waals surface area contributed by atoms with E-state index < -0.39 is 0 Å². The molecule has 1 aromatic rings. The van der Waals surface area contributed by atoms with Crippen molar-refractivity contribution in [2.75, 3.05) is 32.2 Å². The topological polar surface area (TPSA) is 43.4 Å². The Bertz CT molecular complexity index is 279. The second-order valence-electron chi connectivity index (χ2n) is 3.18. The minimum atomic E-state index is 0.551. The van der Waals surface area contributed by atoms with Gasteiger partial charge in [0.1, 0.15) is 12.4 Å². The maximum atomic E-state index is 5.44. The van der Waals surface area contributed by atoms with Crippen LogP contribution in [0, 0.1) is 0 Å². The van der Waals surface area contributed by atoms with Crippen LogP contribution in [0.15, 0.2) is 18.5 Å². The Balaban J connectivity index is 2.42. The molecule has 0 aromatic carbocycles. The zero-order valence-electron chi connectivity index (χ0n) is 9.32. The van der Waals surface area contributed by atoms with Crippen LogP contribution in [0.1, 0.15) is 13.3 Å². The number of methoxy groups -OCH3 is 1. The molecule has 0 saturated heterocycles. The first kappa shape index (κ1) is 11.8. The lowest BCUT2D eigenvalue weighted by Gasteiger charge is -2.08. The molecule has 0 unspecified atom stereocenters. The van der Waals surface area contributed by atoms with E-state index in [1.807, 2.05) is 6.07 Å². The zero-order chi connectivity index (χ0) is 10.9. The van der Waals surface area contributed by atoms with Gasteiger partial charge in [0.15, 0.2) is 0 Å². The molecule has 0 aliphatic heterocycles. The van der Waals surface area contributed by atoms with Crippen LogP contribution in [0.4, 0.5) is 5.69 Å².